The molecule has 0 aliphatic carbocycles. The number of nitrogens with zero attached hydrogens (tertiary/aromatic N) is 1. The minimum atomic E-state index is 0.889. The predicted molar refractivity (Wildman–Crippen MR) is 66.7 cm³/mol. The SMILES string of the molecule is CCNCc1sc(-c2occc2C)nc1C. The van der Waals surface area contributed by atoms with Crippen LogP contribution in [0.4, 0.5) is 0 Å². The molecule has 0 atom stereocenters. The van der Waals surface area contributed by atoms with Crippen molar-refractivity contribution in [2.75, 3.05) is 6.54 Å². The molecule has 0 radical (unpaired) electrons. The molecule has 0 fully saturated rings. The van der Waals surface area contributed by atoms with E-state index in [0.29, 0.717) is 0 Å². The van der Waals surface area contributed by atoms with Crippen LogP contribution in [0.15, 0.2) is 16.7 Å². The van der Waals surface area contributed by atoms with Crippen molar-refractivity contribution in [3.8, 4) is 10.8 Å². The van der Waals surface area contributed by atoms with E-state index in [2.05, 4.69) is 17.2 Å². The monoisotopic (exact) mass is 236 g/mol. The quantitative estimate of drug-likeness (QED) is 0.886. The highest BCUT2D eigenvalue weighted by molar-refractivity contribution is 7.15. The van der Waals surface area contributed by atoms with Gasteiger partial charge in [-0.15, -0.1) is 11.3 Å². The molecule has 0 amide bonds. The van der Waals surface area contributed by atoms with E-state index in [-0.39, 0.29) is 0 Å². The van der Waals surface area contributed by atoms with Crippen molar-refractivity contribution in [2.24, 2.45) is 0 Å². The van der Waals surface area contributed by atoms with Gasteiger partial charge in [-0.1, -0.05) is 6.92 Å². The molecule has 2 aromatic heterocycles. The molecule has 0 saturated heterocycles. The lowest BCUT2D eigenvalue weighted by Gasteiger charge is -1.97. The normalized spacial score (nSPS) is 10.9. The smallest absolute Gasteiger partial charge is 0.165 e. The zero-order chi connectivity index (χ0) is 11.5. The minimum absolute atomic E-state index is 0.889. The number of hydrogen-bond acceptors (Lipinski definition) is 4. The van der Waals surface area contributed by atoms with Gasteiger partial charge in [0.15, 0.2) is 10.8 Å². The van der Waals surface area contributed by atoms with Crippen LogP contribution in [0.5, 0.6) is 0 Å². The van der Waals surface area contributed by atoms with Crippen LogP contribution in [0, 0.1) is 13.8 Å². The highest BCUT2D eigenvalue weighted by atomic mass is 32.1. The summed E-state index contributed by atoms with van der Waals surface area (Å²) in [7, 11) is 0. The second-order valence-corrected chi connectivity index (χ2v) is 4.82. The van der Waals surface area contributed by atoms with E-state index in [1.807, 2.05) is 19.9 Å². The molecular formula is C12H16N2OS. The first-order valence-corrected chi connectivity index (χ1v) is 6.25. The molecular weight excluding hydrogens is 220 g/mol. The molecule has 0 unspecified atom stereocenters. The number of hydrogen-bond donors (Lipinski definition) is 1. The molecule has 3 nitrogen and oxygen atoms in total. The molecule has 0 aliphatic rings. The molecule has 1 N–H and O–H groups in total. The second kappa shape index (κ2) is 4.80. The van der Waals surface area contributed by atoms with Gasteiger partial charge in [0, 0.05) is 11.4 Å². The lowest BCUT2D eigenvalue weighted by molar-refractivity contribution is 0.580. The van der Waals surface area contributed by atoms with Gasteiger partial charge < -0.3 is 9.73 Å². The fourth-order valence-electron chi connectivity index (χ4n) is 1.52. The average Bonchev–Trinajstić information content (AvgIpc) is 2.82. The summed E-state index contributed by atoms with van der Waals surface area (Å²) in [6, 6.07) is 1.97. The Labute approximate surface area is 99.5 Å². The summed E-state index contributed by atoms with van der Waals surface area (Å²) in [4.78, 5) is 5.84. The standard InChI is InChI=1S/C12H16N2OS/c1-4-13-7-10-9(3)14-12(16-10)11-8(2)5-6-15-11/h5-6,13H,4,7H2,1-3H3. The summed E-state index contributed by atoms with van der Waals surface area (Å²) in [6.07, 6.45) is 1.71. The Morgan fingerprint density at radius 1 is 1.44 bits per heavy atom. The number of nitrogens with one attached hydrogen (secondary N) is 1. The van der Waals surface area contributed by atoms with E-state index in [9.17, 15) is 0 Å². The highest BCUT2D eigenvalue weighted by Gasteiger charge is 2.13. The topological polar surface area (TPSA) is 38.1 Å². The number of aryl methyl sites for hydroxylation is 2. The van der Waals surface area contributed by atoms with Crippen molar-refractivity contribution in [1.29, 1.82) is 0 Å². The van der Waals surface area contributed by atoms with Crippen molar-refractivity contribution in [2.45, 2.75) is 27.3 Å². The van der Waals surface area contributed by atoms with E-state index in [1.165, 1.54) is 4.88 Å². The number of rotatable bonds is 4. The summed E-state index contributed by atoms with van der Waals surface area (Å²) in [5.41, 5.74) is 2.24. The lowest BCUT2D eigenvalue weighted by Crippen LogP contribution is -2.11. The van der Waals surface area contributed by atoms with Crippen molar-refractivity contribution in [3.05, 3.63) is 28.5 Å². The lowest BCUT2D eigenvalue weighted by atomic mass is 10.3. The Balaban J connectivity index is 2.27. The molecule has 4 heteroatoms. The maximum atomic E-state index is 5.45. The van der Waals surface area contributed by atoms with Crippen molar-refractivity contribution in [1.82, 2.24) is 10.3 Å². The van der Waals surface area contributed by atoms with E-state index in [1.54, 1.807) is 17.6 Å². The summed E-state index contributed by atoms with van der Waals surface area (Å²) in [6.45, 7) is 8.06. The first kappa shape index (κ1) is 11.4. The summed E-state index contributed by atoms with van der Waals surface area (Å²) in [5, 5.41) is 4.30. The molecule has 2 aromatic rings. The van der Waals surface area contributed by atoms with Crippen LogP contribution in [-0.2, 0) is 6.54 Å². The van der Waals surface area contributed by atoms with E-state index in [0.717, 1.165) is 35.1 Å². The van der Waals surface area contributed by atoms with Gasteiger partial charge in [0.2, 0.25) is 0 Å². The van der Waals surface area contributed by atoms with Gasteiger partial charge in [-0.05, 0) is 32.0 Å². The largest absolute Gasteiger partial charge is 0.462 e. The Bertz CT molecular complexity index is 473. The molecule has 86 valence electrons. The maximum Gasteiger partial charge on any atom is 0.165 e. The van der Waals surface area contributed by atoms with Gasteiger partial charge >= 0.3 is 0 Å². The molecule has 0 aliphatic heterocycles. The van der Waals surface area contributed by atoms with Gasteiger partial charge in [-0.25, -0.2) is 4.98 Å². The third-order valence-electron chi connectivity index (χ3n) is 2.48. The number of aromatic nitrogens is 1. The fraction of sp³-hybridized carbons (Fsp3) is 0.417. The molecule has 16 heavy (non-hydrogen) atoms. The summed E-state index contributed by atoms with van der Waals surface area (Å²) >= 11 is 1.70. The van der Waals surface area contributed by atoms with Crippen LogP contribution in [0.3, 0.4) is 0 Å². The van der Waals surface area contributed by atoms with Crippen LogP contribution < -0.4 is 5.32 Å². The van der Waals surface area contributed by atoms with Crippen LogP contribution in [0.25, 0.3) is 10.8 Å². The van der Waals surface area contributed by atoms with Crippen molar-refractivity contribution in [3.63, 3.8) is 0 Å². The Morgan fingerprint density at radius 2 is 2.25 bits per heavy atom. The third-order valence-corrected chi connectivity index (χ3v) is 3.64. The van der Waals surface area contributed by atoms with Crippen LogP contribution in [0.1, 0.15) is 23.1 Å². The van der Waals surface area contributed by atoms with Gasteiger partial charge in [0.1, 0.15) is 0 Å². The van der Waals surface area contributed by atoms with Crippen molar-refractivity contribution >= 4 is 11.3 Å². The molecule has 0 saturated carbocycles. The third kappa shape index (κ3) is 2.18. The number of furan rings is 1. The summed E-state index contributed by atoms with van der Waals surface area (Å²) < 4.78 is 5.45. The molecule has 2 rings (SSSR count). The second-order valence-electron chi connectivity index (χ2n) is 3.74. The van der Waals surface area contributed by atoms with Crippen LogP contribution in [0.2, 0.25) is 0 Å². The van der Waals surface area contributed by atoms with Gasteiger partial charge in [-0.2, -0.15) is 0 Å². The molecule has 0 spiro atoms. The Morgan fingerprint density at radius 3 is 2.88 bits per heavy atom. The fourth-order valence-corrected chi connectivity index (χ4v) is 2.60. The summed E-state index contributed by atoms with van der Waals surface area (Å²) in [5.74, 6) is 0.899. The maximum absolute atomic E-state index is 5.45. The Kier molecular flexibility index (Phi) is 3.41. The van der Waals surface area contributed by atoms with Crippen LogP contribution >= 0.6 is 11.3 Å². The molecule has 0 aromatic carbocycles. The molecule has 0 bridgehead atoms. The highest BCUT2D eigenvalue weighted by Crippen LogP contribution is 2.30. The molecule has 2 heterocycles. The van der Waals surface area contributed by atoms with Crippen molar-refractivity contribution < 1.29 is 4.42 Å². The van der Waals surface area contributed by atoms with Crippen LogP contribution in [-0.4, -0.2) is 11.5 Å². The van der Waals surface area contributed by atoms with Gasteiger partial charge in [-0.3, -0.25) is 0 Å². The Hall–Kier alpha value is -1.13. The zero-order valence-corrected chi connectivity index (χ0v) is 10.6. The van der Waals surface area contributed by atoms with E-state index in [4.69, 9.17) is 4.42 Å². The first-order valence-electron chi connectivity index (χ1n) is 5.44. The minimum Gasteiger partial charge on any atom is -0.462 e. The number of thiazole rings is 1. The van der Waals surface area contributed by atoms with E-state index < -0.39 is 0 Å². The van der Waals surface area contributed by atoms with Gasteiger partial charge in [0.25, 0.3) is 0 Å². The predicted octanol–water partition coefficient (Wildman–Crippen LogP) is 3.13. The first-order chi connectivity index (χ1) is 7.72. The zero-order valence-electron chi connectivity index (χ0n) is 9.83. The average molecular weight is 236 g/mol. The van der Waals surface area contributed by atoms with Gasteiger partial charge in [0.05, 0.1) is 12.0 Å². The van der Waals surface area contributed by atoms with E-state index >= 15 is 0 Å².